The fraction of sp³-hybridized carbons (Fsp3) is 0. The lowest BCUT2D eigenvalue weighted by atomic mass is 10.2. The van der Waals surface area contributed by atoms with E-state index in [-0.39, 0.29) is 10.8 Å². The molecule has 5 nitrogen and oxygen atoms in total. The molecule has 3 aromatic rings. The van der Waals surface area contributed by atoms with Gasteiger partial charge >= 0.3 is 0 Å². The molecule has 0 bridgehead atoms. The summed E-state index contributed by atoms with van der Waals surface area (Å²) in [7, 11) is -4.30. The molecule has 0 radical (unpaired) electrons. The van der Waals surface area contributed by atoms with E-state index < -0.39 is 10.1 Å². The van der Waals surface area contributed by atoms with E-state index in [0.29, 0.717) is 16.5 Å². The molecule has 106 valence electrons. The Balaban J connectivity index is 2.18. The summed E-state index contributed by atoms with van der Waals surface area (Å²) in [5, 5.41) is 0.715. The van der Waals surface area contributed by atoms with Gasteiger partial charge in [-0.15, -0.1) is 0 Å². The van der Waals surface area contributed by atoms with Gasteiger partial charge in [0.1, 0.15) is 0 Å². The predicted molar refractivity (Wildman–Crippen MR) is 77.9 cm³/mol. The van der Waals surface area contributed by atoms with E-state index in [9.17, 15) is 13.2 Å². The monoisotopic (exact) mass is 301 g/mol. The molecule has 0 saturated heterocycles. The zero-order valence-corrected chi connectivity index (χ0v) is 11.6. The second-order valence-corrected chi connectivity index (χ2v) is 5.97. The van der Waals surface area contributed by atoms with Crippen molar-refractivity contribution in [3.8, 4) is 0 Å². The second-order valence-electron chi connectivity index (χ2n) is 4.55. The Morgan fingerprint density at radius 1 is 1.00 bits per heavy atom. The van der Waals surface area contributed by atoms with E-state index >= 15 is 0 Å². The van der Waals surface area contributed by atoms with Crippen LogP contribution in [0, 0.1) is 0 Å². The van der Waals surface area contributed by atoms with Crippen LogP contribution in [0.2, 0.25) is 0 Å². The Morgan fingerprint density at radius 3 is 2.38 bits per heavy atom. The normalized spacial score (nSPS) is 11.7. The smallest absolute Gasteiger partial charge is 0.283 e. The van der Waals surface area contributed by atoms with Crippen LogP contribution >= 0.6 is 0 Å². The molecule has 0 atom stereocenters. The molecule has 1 N–H and O–H groups in total. The SMILES string of the molecule is O=C(c1ccccc1)n1ccc2ccc(S(=O)(=O)O)cc21. The van der Waals surface area contributed by atoms with Gasteiger partial charge in [0, 0.05) is 17.1 Å². The van der Waals surface area contributed by atoms with E-state index in [1.807, 2.05) is 0 Å². The Kier molecular flexibility index (Phi) is 3.12. The van der Waals surface area contributed by atoms with Crippen molar-refractivity contribution in [3.05, 3.63) is 66.4 Å². The summed E-state index contributed by atoms with van der Waals surface area (Å²) in [6.07, 6.45) is 1.58. The van der Waals surface area contributed by atoms with Crippen molar-refractivity contribution in [2.45, 2.75) is 4.90 Å². The molecule has 3 rings (SSSR count). The van der Waals surface area contributed by atoms with Crippen molar-refractivity contribution in [1.29, 1.82) is 0 Å². The van der Waals surface area contributed by atoms with Gasteiger partial charge in [0.2, 0.25) is 0 Å². The van der Waals surface area contributed by atoms with E-state index in [1.54, 1.807) is 48.7 Å². The number of aromatic nitrogens is 1. The van der Waals surface area contributed by atoms with Gasteiger partial charge in [0.25, 0.3) is 16.0 Å². The number of benzene rings is 2. The molecule has 0 amide bonds. The van der Waals surface area contributed by atoms with Crippen LogP contribution in [-0.4, -0.2) is 23.4 Å². The second kappa shape index (κ2) is 4.83. The highest BCUT2D eigenvalue weighted by Gasteiger charge is 2.15. The summed E-state index contributed by atoms with van der Waals surface area (Å²) < 4.78 is 32.9. The van der Waals surface area contributed by atoms with Crippen molar-refractivity contribution in [3.63, 3.8) is 0 Å². The molecule has 0 aliphatic carbocycles. The summed E-state index contributed by atoms with van der Waals surface area (Å²) >= 11 is 0. The first-order valence-corrected chi connectivity index (χ1v) is 7.59. The summed E-state index contributed by atoms with van der Waals surface area (Å²) in [5.41, 5.74) is 0.922. The molecule has 0 fully saturated rings. The Hall–Kier alpha value is -2.44. The third kappa shape index (κ3) is 2.46. The van der Waals surface area contributed by atoms with Gasteiger partial charge in [0.05, 0.1) is 10.4 Å². The van der Waals surface area contributed by atoms with Gasteiger partial charge < -0.3 is 0 Å². The van der Waals surface area contributed by atoms with Crippen molar-refractivity contribution in [1.82, 2.24) is 4.57 Å². The highest BCUT2D eigenvalue weighted by molar-refractivity contribution is 7.85. The Labute approximate surface area is 121 Å². The van der Waals surface area contributed by atoms with Crippen molar-refractivity contribution in [2.75, 3.05) is 0 Å². The molecule has 6 heteroatoms. The van der Waals surface area contributed by atoms with Crippen molar-refractivity contribution < 1.29 is 17.8 Å². The third-order valence-corrected chi connectivity index (χ3v) is 4.05. The molecule has 0 saturated carbocycles. The van der Waals surface area contributed by atoms with Gasteiger partial charge in [-0.05, 0) is 30.3 Å². The summed E-state index contributed by atoms with van der Waals surface area (Å²) in [6, 6.07) is 14.5. The summed E-state index contributed by atoms with van der Waals surface area (Å²) in [5.74, 6) is -0.266. The fourth-order valence-electron chi connectivity index (χ4n) is 2.17. The summed E-state index contributed by atoms with van der Waals surface area (Å²) in [4.78, 5) is 12.2. The topological polar surface area (TPSA) is 76.4 Å². The van der Waals surface area contributed by atoms with E-state index in [1.165, 1.54) is 16.7 Å². The molecule has 2 aromatic carbocycles. The lowest BCUT2D eigenvalue weighted by Crippen LogP contribution is -2.10. The highest BCUT2D eigenvalue weighted by Crippen LogP contribution is 2.21. The van der Waals surface area contributed by atoms with Gasteiger partial charge in [-0.3, -0.25) is 13.9 Å². The van der Waals surface area contributed by atoms with Crippen LogP contribution in [-0.2, 0) is 10.1 Å². The minimum absolute atomic E-state index is 0.240. The van der Waals surface area contributed by atoms with Gasteiger partial charge in [-0.2, -0.15) is 8.42 Å². The van der Waals surface area contributed by atoms with Crippen LogP contribution < -0.4 is 0 Å². The molecular weight excluding hydrogens is 290 g/mol. The minimum Gasteiger partial charge on any atom is -0.283 e. The van der Waals surface area contributed by atoms with E-state index in [2.05, 4.69) is 0 Å². The molecule has 21 heavy (non-hydrogen) atoms. The number of carbonyl (C=O) groups is 1. The molecule has 0 spiro atoms. The average Bonchev–Trinajstić information content (AvgIpc) is 2.89. The van der Waals surface area contributed by atoms with Crippen LogP contribution in [0.1, 0.15) is 10.4 Å². The lowest BCUT2D eigenvalue weighted by molar-refractivity contribution is 0.0965. The number of rotatable bonds is 2. The maximum absolute atomic E-state index is 12.4. The molecule has 1 heterocycles. The first kappa shape index (κ1) is 13.5. The minimum atomic E-state index is -4.30. The Morgan fingerprint density at radius 2 is 1.71 bits per heavy atom. The lowest BCUT2D eigenvalue weighted by Gasteiger charge is -2.05. The zero-order chi connectivity index (χ0) is 15.0. The molecule has 0 aliphatic heterocycles. The number of nitrogens with zero attached hydrogens (tertiary/aromatic N) is 1. The van der Waals surface area contributed by atoms with Crippen molar-refractivity contribution in [2.24, 2.45) is 0 Å². The van der Waals surface area contributed by atoms with Gasteiger partial charge in [-0.25, -0.2) is 0 Å². The summed E-state index contributed by atoms with van der Waals surface area (Å²) in [6.45, 7) is 0. The van der Waals surface area contributed by atoms with Gasteiger partial charge in [0.15, 0.2) is 0 Å². The number of fused-ring (bicyclic) bond motifs is 1. The third-order valence-electron chi connectivity index (χ3n) is 3.20. The fourth-order valence-corrected chi connectivity index (χ4v) is 2.67. The zero-order valence-electron chi connectivity index (χ0n) is 10.8. The van der Waals surface area contributed by atoms with Crippen LogP contribution in [0.4, 0.5) is 0 Å². The Bertz CT molecular complexity index is 927. The maximum atomic E-state index is 12.4. The number of hydrogen-bond acceptors (Lipinski definition) is 3. The first-order chi connectivity index (χ1) is 9.97. The van der Waals surface area contributed by atoms with E-state index in [0.717, 1.165) is 0 Å². The van der Waals surface area contributed by atoms with E-state index in [4.69, 9.17) is 4.55 Å². The molecule has 0 aliphatic rings. The van der Waals surface area contributed by atoms with Gasteiger partial charge in [-0.1, -0.05) is 24.3 Å². The highest BCUT2D eigenvalue weighted by atomic mass is 32.2. The van der Waals surface area contributed by atoms with Crippen LogP contribution in [0.25, 0.3) is 10.9 Å². The maximum Gasteiger partial charge on any atom is 0.294 e. The van der Waals surface area contributed by atoms with Crippen LogP contribution in [0.5, 0.6) is 0 Å². The van der Waals surface area contributed by atoms with Crippen molar-refractivity contribution >= 4 is 26.9 Å². The first-order valence-electron chi connectivity index (χ1n) is 6.15. The molecular formula is C15H11NO4S. The standard InChI is InChI=1S/C15H11NO4S/c17-15(12-4-2-1-3-5-12)16-9-8-11-6-7-13(10-14(11)16)21(18,19)20/h1-10H,(H,18,19,20). The van der Waals surface area contributed by atoms with Crippen LogP contribution in [0.3, 0.4) is 0 Å². The number of carbonyl (C=O) groups excluding carboxylic acids is 1. The predicted octanol–water partition coefficient (Wildman–Crippen LogP) is 2.58. The van der Waals surface area contributed by atoms with Crippen LogP contribution in [0.15, 0.2) is 65.7 Å². The number of hydrogen-bond donors (Lipinski definition) is 1. The molecule has 0 unspecified atom stereocenters. The molecule has 1 aromatic heterocycles. The average molecular weight is 301 g/mol. The largest absolute Gasteiger partial charge is 0.294 e. The quantitative estimate of drug-likeness (QED) is 0.738.